The van der Waals surface area contributed by atoms with Crippen LogP contribution in [0.25, 0.3) is 0 Å². The predicted molar refractivity (Wildman–Crippen MR) is 115 cm³/mol. The van der Waals surface area contributed by atoms with Gasteiger partial charge in [-0.2, -0.15) is 0 Å². The molecule has 2 aromatic carbocycles. The van der Waals surface area contributed by atoms with E-state index < -0.39 is 10.0 Å². The number of hydrogen-bond acceptors (Lipinski definition) is 6. The summed E-state index contributed by atoms with van der Waals surface area (Å²) < 4.78 is 43.1. The van der Waals surface area contributed by atoms with Crippen LogP contribution in [-0.4, -0.2) is 35.1 Å². The van der Waals surface area contributed by atoms with E-state index in [1.807, 2.05) is 12.1 Å². The quantitative estimate of drug-likeness (QED) is 0.498. The molecule has 0 aliphatic carbocycles. The molecule has 1 heterocycles. The monoisotopic (exact) mass is 444 g/mol. The number of rotatable bonds is 10. The first kappa shape index (κ1) is 22.4. The van der Waals surface area contributed by atoms with E-state index in [2.05, 4.69) is 10.0 Å². The molecule has 3 rings (SSSR count). The SMILES string of the molecule is COc1ccc(CCNC(=O)c2cccc(S(=O)(=O)NCc3ccco3)c2)cc1OC. The lowest BCUT2D eigenvalue weighted by molar-refractivity contribution is 0.0954. The molecule has 0 bridgehead atoms. The number of benzene rings is 2. The fourth-order valence-corrected chi connectivity index (χ4v) is 3.96. The van der Waals surface area contributed by atoms with Crippen LogP contribution in [0.4, 0.5) is 0 Å². The van der Waals surface area contributed by atoms with Crippen LogP contribution in [0.2, 0.25) is 0 Å². The minimum absolute atomic E-state index is 0.00611. The van der Waals surface area contributed by atoms with Crippen molar-refractivity contribution in [3.8, 4) is 11.5 Å². The van der Waals surface area contributed by atoms with E-state index in [-0.39, 0.29) is 22.9 Å². The molecule has 0 aliphatic rings. The number of carbonyl (C=O) groups is 1. The van der Waals surface area contributed by atoms with Crippen molar-refractivity contribution in [1.82, 2.24) is 10.0 Å². The average Bonchev–Trinajstić information content (AvgIpc) is 3.31. The van der Waals surface area contributed by atoms with Crippen LogP contribution < -0.4 is 19.5 Å². The second-order valence-electron chi connectivity index (χ2n) is 6.63. The van der Waals surface area contributed by atoms with Gasteiger partial charge in [0, 0.05) is 12.1 Å². The number of sulfonamides is 1. The molecule has 2 N–H and O–H groups in total. The van der Waals surface area contributed by atoms with E-state index in [9.17, 15) is 13.2 Å². The molecule has 0 saturated carbocycles. The van der Waals surface area contributed by atoms with Gasteiger partial charge in [0.15, 0.2) is 11.5 Å². The van der Waals surface area contributed by atoms with Crippen molar-refractivity contribution in [2.24, 2.45) is 0 Å². The molecule has 1 aromatic heterocycles. The van der Waals surface area contributed by atoms with Gasteiger partial charge in [0.1, 0.15) is 5.76 Å². The Morgan fingerprint density at radius 2 is 1.81 bits per heavy atom. The van der Waals surface area contributed by atoms with Crippen molar-refractivity contribution < 1.29 is 27.1 Å². The Bertz CT molecular complexity index is 1130. The van der Waals surface area contributed by atoms with Crippen molar-refractivity contribution in [3.63, 3.8) is 0 Å². The first-order valence-corrected chi connectivity index (χ1v) is 11.0. The molecule has 9 heteroatoms. The number of carbonyl (C=O) groups excluding carboxylic acids is 1. The second kappa shape index (κ2) is 10.1. The highest BCUT2D eigenvalue weighted by atomic mass is 32.2. The highest BCUT2D eigenvalue weighted by molar-refractivity contribution is 7.89. The smallest absolute Gasteiger partial charge is 0.251 e. The summed E-state index contributed by atoms with van der Waals surface area (Å²) in [5.74, 6) is 1.39. The maximum absolute atomic E-state index is 12.5. The van der Waals surface area contributed by atoms with Crippen LogP contribution in [0.15, 0.2) is 70.2 Å². The van der Waals surface area contributed by atoms with Gasteiger partial charge in [-0.25, -0.2) is 13.1 Å². The average molecular weight is 445 g/mol. The molecule has 31 heavy (non-hydrogen) atoms. The van der Waals surface area contributed by atoms with Crippen molar-refractivity contribution in [3.05, 3.63) is 77.7 Å². The van der Waals surface area contributed by atoms with Gasteiger partial charge < -0.3 is 19.2 Å². The molecule has 0 fully saturated rings. The van der Waals surface area contributed by atoms with E-state index >= 15 is 0 Å². The van der Waals surface area contributed by atoms with Gasteiger partial charge in [-0.1, -0.05) is 12.1 Å². The first-order valence-electron chi connectivity index (χ1n) is 9.54. The van der Waals surface area contributed by atoms with Crippen molar-refractivity contribution in [1.29, 1.82) is 0 Å². The summed E-state index contributed by atoms with van der Waals surface area (Å²) >= 11 is 0. The Kier molecular flexibility index (Phi) is 7.32. The molecule has 3 aromatic rings. The van der Waals surface area contributed by atoms with Gasteiger partial charge in [-0.3, -0.25) is 4.79 Å². The maximum Gasteiger partial charge on any atom is 0.251 e. The summed E-state index contributed by atoms with van der Waals surface area (Å²) in [6, 6.07) is 14.8. The lowest BCUT2D eigenvalue weighted by atomic mass is 10.1. The van der Waals surface area contributed by atoms with Crippen LogP contribution in [-0.2, 0) is 23.0 Å². The Morgan fingerprint density at radius 3 is 2.52 bits per heavy atom. The highest BCUT2D eigenvalue weighted by Gasteiger charge is 2.16. The molecule has 0 radical (unpaired) electrons. The van der Waals surface area contributed by atoms with Crippen LogP contribution in [0.3, 0.4) is 0 Å². The third-order valence-electron chi connectivity index (χ3n) is 4.57. The molecule has 0 spiro atoms. The van der Waals surface area contributed by atoms with Crippen molar-refractivity contribution in [2.75, 3.05) is 20.8 Å². The Labute approximate surface area is 181 Å². The van der Waals surface area contributed by atoms with Crippen LogP contribution >= 0.6 is 0 Å². The third-order valence-corrected chi connectivity index (χ3v) is 5.97. The molecule has 164 valence electrons. The summed E-state index contributed by atoms with van der Waals surface area (Å²) in [6.07, 6.45) is 2.05. The topological polar surface area (TPSA) is 107 Å². The van der Waals surface area contributed by atoms with Crippen LogP contribution in [0, 0.1) is 0 Å². The maximum atomic E-state index is 12.5. The zero-order valence-corrected chi connectivity index (χ0v) is 18.1. The summed E-state index contributed by atoms with van der Waals surface area (Å²) in [7, 11) is -0.654. The van der Waals surface area contributed by atoms with Crippen molar-refractivity contribution in [2.45, 2.75) is 17.9 Å². The molecular weight excluding hydrogens is 420 g/mol. The third kappa shape index (κ3) is 5.87. The van der Waals surface area contributed by atoms with E-state index in [4.69, 9.17) is 13.9 Å². The summed E-state index contributed by atoms with van der Waals surface area (Å²) in [5, 5.41) is 2.81. The molecule has 0 unspecified atom stereocenters. The fraction of sp³-hybridized carbons (Fsp3) is 0.227. The molecule has 0 atom stereocenters. The van der Waals surface area contributed by atoms with E-state index in [0.717, 1.165) is 5.56 Å². The van der Waals surface area contributed by atoms with Crippen molar-refractivity contribution >= 4 is 15.9 Å². The van der Waals surface area contributed by atoms with E-state index in [1.54, 1.807) is 38.5 Å². The van der Waals surface area contributed by atoms with Gasteiger partial charge in [0.2, 0.25) is 10.0 Å². The van der Waals surface area contributed by atoms with Crippen LogP contribution in [0.5, 0.6) is 11.5 Å². The molecule has 0 aliphatic heterocycles. The number of amides is 1. The summed E-state index contributed by atoms with van der Waals surface area (Å²) in [6.45, 7) is 0.402. The van der Waals surface area contributed by atoms with Gasteiger partial charge in [-0.15, -0.1) is 0 Å². The predicted octanol–water partition coefficient (Wildman–Crippen LogP) is 2.75. The molecule has 1 amide bonds. The number of hydrogen-bond donors (Lipinski definition) is 2. The zero-order chi connectivity index (χ0) is 22.3. The lowest BCUT2D eigenvalue weighted by Crippen LogP contribution is -2.27. The normalized spacial score (nSPS) is 11.2. The lowest BCUT2D eigenvalue weighted by Gasteiger charge is -2.11. The Morgan fingerprint density at radius 1 is 1.00 bits per heavy atom. The summed E-state index contributed by atoms with van der Waals surface area (Å²) in [5.41, 5.74) is 1.23. The first-order chi connectivity index (χ1) is 14.9. The second-order valence-corrected chi connectivity index (χ2v) is 8.39. The number of methoxy groups -OCH3 is 2. The molecule has 8 nitrogen and oxygen atoms in total. The Balaban J connectivity index is 1.59. The van der Waals surface area contributed by atoms with E-state index in [1.165, 1.54) is 24.5 Å². The highest BCUT2D eigenvalue weighted by Crippen LogP contribution is 2.27. The van der Waals surface area contributed by atoms with Gasteiger partial charge in [-0.05, 0) is 54.4 Å². The zero-order valence-electron chi connectivity index (χ0n) is 17.3. The van der Waals surface area contributed by atoms with E-state index in [0.29, 0.717) is 30.2 Å². The number of nitrogens with one attached hydrogen (secondary N) is 2. The minimum atomic E-state index is -3.79. The standard InChI is InChI=1S/C22H24N2O6S/c1-28-20-9-8-16(13-21(20)29-2)10-11-23-22(25)17-5-3-7-19(14-17)31(26,27)24-15-18-6-4-12-30-18/h3-9,12-14,24H,10-11,15H2,1-2H3,(H,23,25). The number of ether oxygens (including phenoxy) is 2. The molecule has 0 saturated heterocycles. The summed E-state index contributed by atoms with van der Waals surface area (Å²) in [4.78, 5) is 12.5. The Hall–Kier alpha value is -3.30. The largest absolute Gasteiger partial charge is 0.493 e. The van der Waals surface area contributed by atoms with Crippen LogP contribution in [0.1, 0.15) is 21.7 Å². The van der Waals surface area contributed by atoms with Gasteiger partial charge in [0.05, 0.1) is 31.9 Å². The number of furan rings is 1. The van der Waals surface area contributed by atoms with Gasteiger partial charge >= 0.3 is 0 Å². The van der Waals surface area contributed by atoms with Gasteiger partial charge in [0.25, 0.3) is 5.91 Å². The molecular formula is C22H24N2O6S. The fourth-order valence-electron chi connectivity index (χ4n) is 2.93. The minimum Gasteiger partial charge on any atom is -0.493 e.